The summed E-state index contributed by atoms with van der Waals surface area (Å²) >= 11 is 0. The summed E-state index contributed by atoms with van der Waals surface area (Å²) in [6, 6.07) is 1.71. The van der Waals surface area contributed by atoms with Crippen LogP contribution in [0.1, 0.15) is 45.4 Å². The van der Waals surface area contributed by atoms with E-state index in [0.29, 0.717) is 0 Å². The zero-order chi connectivity index (χ0) is 9.80. The molecule has 1 unspecified atom stereocenters. The molecule has 0 spiro atoms. The van der Waals surface area contributed by atoms with E-state index in [1.807, 2.05) is 0 Å². The molecule has 0 aromatic heterocycles. The summed E-state index contributed by atoms with van der Waals surface area (Å²) in [6.07, 6.45) is 8.41. The lowest BCUT2D eigenvalue weighted by atomic mass is 10.0. The molecule has 0 aromatic rings. The predicted octanol–water partition coefficient (Wildman–Crippen LogP) is 2.00. The minimum atomic E-state index is 0.837. The molecule has 0 bridgehead atoms. The van der Waals surface area contributed by atoms with Gasteiger partial charge in [0.25, 0.3) is 0 Å². The molecule has 0 radical (unpaired) electrons. The molecule has 2 nitrogen and oxygen atoms in total. The maximum Gasteiger partial charge on any atom is 0.0220 e. The van der Waals surface area contributed by atoms with Gasteiger partial charge in [-0.15, -0.1) is 0 Å². The van der Waals surface area contributed by atoms with Gasteiger partial charge in [0.2, 0.25) is 0 Å². The van der Waals surface area contributed by atoms with Crippen LogP contribution in [-0.2, 0) is 0 Å². The second-order valence-corrected chi connectivity index (χ2v) is 4.87. The third kappa shape index (κ3) is 2.96. The Labute approximate surface area is 88.1 Å². The Kier molecular flexibility index (Phi) is 3.82. The topological polar surface area (TPSA) is 15.3 Å². The van der Waals surface area contributed by atoms with Crippen molar-refractivity contribution in [3.63, 3.8) is 0 Å². The van der Waals surface area contributed by atoms with Crippen molar-refractivity contribution in [2.45, 2.75) is 57.5 Å². The lowest BCUT2D eigenvalue weighted by Gasteiger charge is -2.35. The Morgan fingerprint density at radius 1 is 1.21 bits per heavy atom. The normalized spacial score (nSPS) is 29.4. The van der Waals surface area contributed by atoms with E-state index in [1.165, 1.54) is 58.2 Å². The number of hydrogen-bond acceptors (Lipinski definition) is 2. The van der Waals surface area contributed by atoms with E-state index in [9.17, 15) is 0 Å². The second kappa shape index (κ2) is 5.13. The van der Waals surface area contributed by atoms with E-state index in [2.05, 4.69) is 17.1 Å². The average molecular weight is 196 g/mol. The van der Waals surface area contributed by atoms with Crippen molar-refractivity contribution < 1.29 is 0 Å². The first-order valence-electron chi connectivity index (χ1n) is 6.37. The van der Waals surface area contributed by atoms with Gasteiger partial charge < -0.3 is 5.32 Å². The minimum Gasteiger partial charge on any atom is -0.312 e. The summed E-state index contributed by atoms with van der Waals surface area (Å²) in [6.45, 7) is 6.17. The molecule has 14 heavy (non-hydrogen) atoms. The van der Waals surface area contributed by atoms with Crippen LogP contribution in [0.4, 0.5) is 0 Å². The van der Waals surface area contributed by atoms with Crippen molar-refractivity contribution in [1.82, 2.24) is 10.2 Å². The van der Waals surface area contributed by atoms with Crippen LogP contribution in [0.3, 0.4) is 0 Å². The highest BCUT2D eigenvalue weighted by Gasteiger charge is 2.25. The molecule has 1 saturated heterocycles. The summed E-state index contributed by atoms with van der Waals surface area (Å²) < 4.78 is 0. The van der Waals surface area contributed by atoms with E-state index in [1.54, 1.807) is 0 Å². The molecular weight excluding hydrogens is 172 g/mol. The van der Waals surface area contributed by atoms with Crippen molar-refractivity contribution >= 4 is 0 Å². The van der Waals surface area contributed by atoms with Gasteiger partial charge in [0.15, 0.2) is 0 Å². The molecule has 2 fully saturated rings. The van der Waals surface area contributed by atoms with Gasteiger partial charge in [-0.3, -0.25) is 4.90 Å². The third-order valence-electron chi connectivity index (χ3n) is 3.48. The quantitative estimate of drug-likeness (QED) is 0.723. The summed E-state index contributed by atoms with van der Waals surface area (Å²) in [5.41, 5.74) is 0. The maximum atomic E-state index is 3.67. The number of likely N-dealkylation sites (tertiary alicyclic amines) is 1. The van der Waals surface area contributed by atoms with Crippen LogP contribution in [0.15, 0.2) is 0 Å². The summed E-state index contributed by atoms with van der Waals surface area (Å²) in [5.74, 6) is 0. The van der Waals surface area contributed by atoms with Crippen molar-refractivity contribution in [3.05, 3.63) is 0 Å². The van der Waals surface area contributed by atoms with Crippen LogP contribution in [-0.4, -0.2) is 36.6 Å². The highest BCUT2D eigenvalue weighted by Crippen LogP contribution is 2.21. The van der Waals surface area contributed by atoms with Gasteiger partial charge in [0, 0.05) is 18.6 Å². The van der Waals surface area contributed by atoms with Crippen molar-refractivity contribution in [3.8, 4) is 0 Å². The summed E-state index contributed by atoms with van der Waals surface area (Å²) in [5, 5.41) is 3.67. The molecule has 0 amide bonds. The number of piperidine rings is 1. The van der Waals surface area contributed by atoms with Gasteiger partial charge in [0.05, 0.1) is 0 Å². The SMILES string of the molecule is CCCN1CCCCC1CNC1CC1. The Morgan fingerprint density at radius 2 is 2.07 bits per heavy atom. The van der Waals surface area contributed by atoms with E-state index in [0.717, 1.165) is 12.1 Å². The highest BCUT2D eigenvalue weighted by molar-refractivity contribution is 4.85. The zero-order valence-electron chi connectivity index (χ0n) is 9.47. The molecule has 1 heterocycles. The Bertz CT molecular complexity index is 164. The smallest absolute Gasteiger partial charge is 0.0220 e. The number of rotatable bonds is 5. The molecule has 1 atom stereocenters. The lowest BCUT2D eigenvalue weighted by molar-refractivity contribution is 0.145. The van der Waals surface area contributed by atoms with Crippen LogP contribution in [0, 0.1) is 0 Å². The molecule has 2 rings (SSSR count). The number of hydrogen-bond donors (Lipinski definition) is 1. The van der Waals surface area contributed by atoms with Gasteiger partial charge >= 0.3 is 0 Å². The molecule has 1 aliphatic heterocycles. The van der Waals surface area contributed by atoms with Crippen molar-refractivity contribution in [2.24, 2.45) is 0 Å². The molecule has 2 aliphatic rings. The molecule has 1 aliphatic carbocycles. The molecule has 0 aromatic carbocycles. The van der Waals surface area contributed by atoms with Crippen molar-refractivity contribution in [1.29, 1.82) is 0 Å². The Morgan fingerprint density at radius 3 is 2.79 bits per heavy atom. The van der Waals surface area contributed by atoms with E-state index >= 15 is 0 Å². The summed E-state index contributed by atoms with van der Waals surface area (Å²) in [4.78, 5) is 2.69. The van der Waals surface area contributed by atoms with Crippen LogP contribution < -0.4 is 5.32 Å². The van der Waals surface area contributed by atoms with Gasteiger partial charge in [-0.25, -0.2) is 0 Å². The van der Waals surface area contributed by atoms with Crippen LogP contribution in [0.5, 0.6) is 0 Å². The monoisotopic (exact) mass is 196 g/mol. The van der Waals surface area contributed by atoms with Gasteiger partial charge in [0.1, 0.15) is 0 Å². The Hall–Kier alpha value is -0.0800. The van der Waals surface area contributed by atoms with Crippen molar-refractivity contribution in [2.75, 3.05) is 19.6 Å². The fourth-order valence-electron chi connectivity index (χ4n) is 2.46. The molecular formula is C12H24N2. The van der Waals surface area contributed by atoms with Gasteiger partial charge in [-0.1, -0.05) is 13.3 Å². The van der Waals surface area contributed by atoms with Gasteiger partial charge in [-0.05, 0) is 45.2 Å². The lowest BCUT2D eigenvalue weighted by Crippen LogP contribution is -2.46. The van der Waals surface area contributed by atoms with Crippen LogP contribution in [0.25, 0.3) is 0 Å². The fraction of sp³-hybridized carbons (Fsp3) is 1.00. The first kappa shape index (κ1) is 10.4. The van der Waals surface area contributed by atoms with E-state index < -0.39 is 0 Å². The molecule has 1 N–H and O–H groups in total. The highest BCUT2D eigenvalue weighted by atomic mass is 15.2. The third-order valence-corrected chi connectivity index (χ3v) is 3.48. The molecule has 82 valence electrons. The largest absolute Gasteiger partial charge is 0.312 e. The minimum absolute atomic E-state index is 0.837. The Balaban J connectivity index is 1.72. The number of nitrogens with zero attached hydrogens (tertiary/aromatic N) is 1. The standard InChI is InChI=1S/C12H24N2/c1-2-8-14-9-4-3-5-12(14)10-13-11-6-7-11/h11-13H,2-10H2,1H3. The van der Waals surface area contributed by atoms with Crippen LogP contribution in [0.2, 0.25) is 0 Å². The first-order valence-corrected chi connectivity index (χ1v) is 6.37. The fourth-order valence-corrected chi connectivity index (χ4v) is 2.46. The maximum absolute atomic E-state index is 3.67. The molecule has 1 saturated carbocycles. The molecule has 2 heteroatoms. The van der Waals surface area contributed by atoms with E-state index in [4.69, 9.17) is 0 Å². The summed E-state index contributed by atoms with van der Waals surface area (Å²) in [7, 11) is 0. The predicted molar refractivity (Wildman–Crippen MR) is 60.5 cm³/mol. The average Bonchev–Trinajstić information content (AvgIpc) is 3.01. The zero-order valence-corrected chi connectivity index (χ0v) is 9.47. The second-order valence-electron chi connectivity index (χ2n) is 4.87. The first-order chi connectivity index (χ1) is 6.90. The number of nitrogens with one attached hydrogen (secondary N) is 1. The van der Waals surface area contributed by atoms with Crippen LogP contribution >= 0.6 is 0 Å². The van der Waals surface area contributed by atoms with E-state index in [-0.39, 0.29) is 0 Å². The van der Waals surface area contributed by atoms with Gasteiger partial charge in [-0.2, -0.15) is 0 Å².